The maximum absolute atomic E-state index is 9.77. The zero-order chi connectivity index (χ0) is 12.8. The minimum Gasteiger partial charge on any atom is -0.506 e. The highest BCUT2D eigenvalue weighted by atomic mass is 16.5. The van der Waals surface area contributed by atoms with Crippen LogP contribution in [0.2, 0.25) is 0 Å². The summed E-state index contributed by atoms with van der Waals surface area (Å²) in [5.74, 6) is 1.04. The van der Waals surface area contributed by atoms with Gasteiger partial charge in [-0.2, -0.15) is 0 Å². The standard InChI is InChI=1S/C13H14N2O3/c1-13(4-5-13)18-12-10(17-2)7-8-11(15-12)9(16)3-6-14-8/h3,6-7H,4-5H2,1-2H3,(H,14,16). The molecular formula is C13H14N2O3. The van der Waals surface area contributed by atoms with Gasteiger partial charge in [0.25, 0.3) is 5.88 Å². The van der Waals surface area contributed by atoms with Gasteiger partial charge in [0.05, 0.1) is 12.6 Å². The van der Waals surface area contributed by atoms with E-state index in [0.29, 0.717) is 22.7 Å². The molecule has 1 saturated carbocycles. The fourth-order valence-corrected chi connectivity index (χ4v) is 1.75. The second-order valence-electron chi connectivity index (χ2n) is 4.75. The molecule has 0 atom stereocenters. The monoisotopic (exact) mass is 246 g/mol. The normalized spacial score (nSPS) is 16.6. The van der Waals surface area contributed by atoms with Crippen molar-refractivity contribution >= 4 is 11.0 Å². The molecule has 3 rings (SSSR count). The zero-order valence-electron chi connectivity index (χ0n) is 10.3. The van der Waals surface area contributed by atoms with Gasteiger partial charge in [-0.25, -0.2) is 4.98 Å². The Bertz CT molecular complexity index is 608. The summed E-state index contributed by atoms with van der Waals surface area (Å²) < 4.78 is 11.1. The van der Waals surface area contributed by atoms with Crippen LogP contribution in [-0.4, -0.2) is 27.8 Å². The quantitative estimate of drug-likeness (QED) is 0.900. The predicted molar refractivity (Wildman–Crippen MR) is 66.0 cm³/mol. The molecule has 1 fully saturated rings. The van der Waals surface area contributed by atoms with Gasteiger partial charge >= 0.3 is 0 Å². The Hall–Kier alpha value is -2.04. The molecule has 1 aliphatic carbocycles. The summed E-state index contributed by atoms with van der Waals surface area (Å²) in [6.07, 6.45) is 3.55. The number of aromatic hydroxyl groups is 1. The Labute approximate surface area is 104 Å². The summed E-state index contributed by atoms with van der Waals surface area (Å²) in [7, 11) is 1.56. The van der Waals surface area contributed by atoms with E-state index in [1.54, 1.807) is 13.2 Å². The second kappa shape index (κ2) is 3.73. The third-order valence-corrected chi connectivity index (χ3v) is 3.14. The fraction of sp³-hybridized carbons (Fsp3) is 0.385. The molecule has 0 spiro atoms. The van der Waals surface area contributed by atoms with Crippen LogP contribution in [0.15, 0.2) is 18.3 Å². The van der Waals surface area contributed by atoms with E-state index in [9.17, 15) is 5.11 Å². The van der Waals surface area contributed by atoms with E-state index in [4.69, 9.17) is 9.47 Å². The number of ether oxygens (including phenoxy) is 2. The van der Waals surface area contributed by atoms with Gasteiger partial charge in [0.1, 0.15) is 16.9 Å². The molecule has 0 amide bonds. The maximum atomic E-state index is 9.77. The molecule has 0 aromatic carbocycles. The van der Waals surface area contributed by atoms with Gasteiger partial charge in [0.2, 0.25) is 0 Å². The predicted octanol–water partition coefficient (Wildman–Crippen LogP) is 2.28. The van der Waals surface area contributed by atoms with Gasteiger partial charge in [0, 0.05) is 18.3 Å². The summed E-state index contributed by atoms with van der Waals surface area (Å²) in [4.78, 5) is 8.46. The van der Waals surface area contributed by atoms with E-state index in [1.165, 1.54) is 12.3 Å². The number of methoxy groups -OCH3 is 1. The average molecular weight is 246 g/mol. The van der Waals surface area contributed by atoms with Crippen molar-refractivity contribution < 1.29 is 14.6 Å². The maximum Gasteiger partial charge on any atom is 0.258 e. The highest BCUT2D eigenvalue weighted by molar-refractivity contribution is 5.82. The van der Waals surface area contributed by atoms with Crippen molar-refractivity contribution in [2.24, 2.45) is 0 Å². The highest BCUT2D eigenvalue weighted by Crippen LogP contribution is 2.42. The second-order valence-corrected chi connectivity index (χ2v) is 4.75. The van der Waals surface area contributed by atoms with E-state index in [-0.39, 0.29) is 11.4 Å². The topological polar surface area (TPSA) is 64.5 Å². The molecule has 0 radical (unpaired) electrons. The van der Waals surface area contributed by atoms with Crippen molar-refractivity contribution in [1.82, 2.24) is 9.97 Å². The van der Waals surface area contributed by atoms with Gasteiger partial charge in [-0.3, -0.25) is 4.98 Å². The lowest BCUT2D eigenvalue weighted by molar-refractivity contribution is 0.183. The lowest BCUT2D eigenvalue weighted by atomic mass is 10.3. The molecule has 0 aliphatic heterocycles. The Morgan fingerprint density at radius 3 is 2.83 bits per heavy atom. The number of rotatable bonds is 3. The van der Waals surface area contributed by atoms with Gasteiger partial charge in [0.15, 0.2) is 5.75 Å². The Balaban J connectivity index is 2.13. The number of fused-ring (bicyclic) bond motifs is 1. The van der Waals surface area contributed by atoms with Crippen molar-refractivity contribution in [2.75, 3.05) is 7.11 Å². The zero-order valence-corrected chi connectivity index (χ0v) is 10.3. The molecule has 2 heterocycles. The molecule has 2 aromatic rings. The van der Waals surface area contributed by atoms with Crippen molar-refractivity contribution in [3.63, 3.8) is 0 Å². The van der Waals surface area contributed by atoms with Crippen molar-refractivity contribution in [3.8, 4) is 17.4 Å². The molecular weight excluding hydrogens is 232 g/mol. The van der Waals surface area contributed by atoms with Crippen LogP contribution in [-0.2, 0) is 0 Å². The van der Waals surface area contributed by atoms with Crippen LogP contribution in [0.1, 0.15) is 19.8 Å². The minimum absolute atomic E-state index is 0.0912. The van der Waals surface area contributed by atoms with Crippen LogP contribution >= 0.6 is 0 Å². The van der Waals surface area contributed by atoms with Crippen LogP contribution < -0.4 is 9.47 Å². The first-order valence-electron chi connectivity index (χ1n) is 5.83. The number of aromatic nitrogens is 2. The fourth-order valence-electron chi connectivity index (χ4n) is 1.75. The van der Waals surface area contributed by atoms with Gasteiger partial charge in [-0.1, -0.05) is 0 Å². The molecule has 1 aliphatic rings. The third kappa shape index (κ3) is 1.81. The number of hydrogen-bond donors (Lipinski definition) is 1. The molecule has 18 heavy (non-hydrogen) atoms. The lowest BCUT2D eigenvalue weighted by Crippen LogP contribution is -2.14. The summed E-state index contributed by atoms with van der Waals surface area (Å²) >= 11 is 0. The first-order valence-corrected chi connectivity index (χ1v) is 5.83. The van der Waals surface area contributed by atoms with Crippen LogP contribution in [0, 0.1) is 0 Å². The van der Waals surface area contributed by atoms with Gasteiger partial charge in [-0.05, 0) is 19.8 Å². The van der Waals surface area contributed by atoms with Crippen LogP contribution in [0.4, 0.5) is 0 Å². The average Bonchev–Trinajstić information content (AvgIpc) is 3.07. The molecule has 0 bridgehead atoms. The number of nitrogens with zero attached hydrogens (tertiary/aromatic N) is 2. The van der Waals surface area contributed by atoms with E-state index in [1.807, 2.05) is 6.92 Å². The molecule has 1 N–H and O–H groups in total. The van der Waals surface area contributed by atoms with E-state index >= 15 is 0 Å². The summed E-state index contributed by atoms with van der Waals surface area (Å²) in [6.45, 7) is 2.03. The minimum atomic E-state index is -0.147. The molecule has 94 valence electrons. The van der Waals surface area contributed by atoms with Crippen LogP contribution in [0.25, 0.3) is 11.0 Å². The van der Waals surface area contributed by atoms with Crippen molar-refractivity contribution in [3.05, 3.63) is 18.3 Å². The van der Waals surface area contributed by atoms with Crippen molar-refractivity contribution in [2.45, 2.75) is 25.4 Å². The van der Waals surface area contributed by atoms with E-state index in [2.05, 4.69) is 9.97 Å². The largest absolute Gasteiger partial charge is 0.506 e. The molecule has 0 unspecified atom stereocenters. The van der Waals surface area contributed by atoms with Crippen molar-refractivity contribution in [1.29, 1.82) is 0 Å². The first-order chi connectivity index (χ1) is 8.61. The van der Waals surface area contributed by atoms with Gasteiger partial charge in [-0.15, -0.1) is 0 Å². The highest BCUT2D eigenvalue weighted by Gasteiger charge is 2.41. The summed E-state index contributed by atoms with van der Waals surface area (Å²) in [5, 5.41) is 9.77. The summed E-state index contributed by atoms with van der Waals surface area (Å²) in [6, 6.07) is 3.23. The third-order valence-electron chi connectivity index (χ3n) is 3.14. The molecule has 5 nitrogen and oxygen atoms in total. The van der Waals surface area contributed by atoms with E-state index < -0.39 is 0 Å². The number of pyridine rings is 2. The summed E-state index contributed by atoms with van der Waals surface area (Å²) in [5.41, 5.74) is 0.865. The number of hydrogen-bond acceptors (Lipinski definition) is 5. The van der Waals surface area contributed by atoms with Gasteiger partial charge < -0.3 is 14.6 Å². The Morgan fingerprint density at radius 1 is 1.39 bits per heavy atom. The molecule has 2 aromatic heterocycles. The van der Waals surface area contributed by atoms with Crippen LogP contribution in [0.5, 0.6) is 17.4 Å². The Kier molecular flexibility index (Phi) is 2.29. The molecule has 5 heteroatoms. The first kappa shape index (κ1) is 11.1. The smallest absolute Gasteiger partial charge is 0.258 e. The Morgan fingerprint density at radius 2 is 2.17 bits per heavy atom. The SMILES string of the molecule is COc1cc2nccc(O)c2nc1OC1(C)CC1. The lowest BCUT2D eigenvalue weighted by Gasteiger charge is -2.15. The molecule has 0 saturated heterocycles. The van der Waals surface area contributed by atoms with Crippen LogP contribution in [0.3, 0.4) is 0 Å². The van der Waals surface area contributed by atoms with E-state index in [0.717, 1.165) is 12.8 Å².